The Morgan fingerprint density at radius 1 is 1.17 bits per heavy atom. The van der Waals surface area contributed by atoms with Gasteiger partial charge in [-0.2, -0.15) is 10.4 Å². The van der Waals surface area contributed by atoms with Crippen molar-refractivity contribution in [3.8, 4) is 29.0 Å². The Bertz CT molecular complexity index is 1730. The van der Waals surface area contributed by atoms with Crippen molar-refractivity contribution in [2.75, 3.05) is 18.0 Å². The number of fused-ring (bicyclic) bond motifs is 1. The number of carbonyl (C=O) groups excluding carboxylic acids is 1. The Morgan fingerprint density at radius 3 is 2.59 bits per heavy atom. The molecule has 1 amide bonds. The standard InChI is InChI=1S/C32H31FN6O2/c1-21-5-7-25(33)16-26(21)30(40)37-32(4)11-13-38(14-12-32)28-8-6-23(18-35-28)27-15-22(9-10-31(2,3)41)20-39-29(27)24(17-34)19-36-39/h5-8,15-16,18-20,41H,11-14H2,1-4H3,(H,37,40). The van der Waals surface area contributed by atoms with E-state index in [-0.39, 0.29) is 5.91 Å². The minimum atomic E-state index is -1.15. The van der Waals surface area contributed by atoms with Crippen molar-refractivity contribution in [3.05, 3.63) is 83.1 Å². The number of hydrogen-bond donors (Lipinski definition) is 2. The second kappa shape index (κ2) is 10.7. The Hall–Kier alpha value is -4.73. The summed E-state index contributed by atoms with van der Waals surface area (Å²) in [6.45, 7) is 8.44. The molecule has 0 bridgehead atoms. The van der Waals surface area contributed by atoms with Crippen molar-refractivity contribution in [2.24, 2.45) is 0 Å². The van der Waals surface area contributed by atoms with Crippen molar-refractivity contribution < 1.29 is 14.3 Å². The van der Waals surface area contributed by atoms with Crippen LogP contribution in [0, 0.1) is 35.9 Å². The maximum Gasteiger partial charge on any atom is 0.252 e. The first kappa shape index (κ1) is 27.8. The maximum absolute atomic E-state index is 13.7. The lowest BCUT2D eigenvalue weighted by molar-refractivity contribution is 0.0890. The van der Waals surface area contributed by atoms with Gasteiger partial charge in [0.15, 0.2) is 0 Å². The third kappa shape index (κ3) is 6.06. The number of amides is 1. The number of aliphatic hydroxyl groups is 1. The van der Waals surface area contributed by atoms with Crippen LogP contribution >= 0.6 is 0 Å². The lowest BCUT2D eigenvalue weighted by Crippen LogP contribution is -2.53. The van der Waals surface area contributed by atoms with E-state index in [1.54, 1.807) is 43.7 Å². The molecule has 2 N–H and O–H groups in total. The summed E-state index contributed by atoms with van der Waals surface area (Å²) in [5, 5.41) is 27.1. The summed E-state index contributed by atoms with van der Waals surface area (Å²) in [7, 11) is 0. The van der Waals surface area contributed by atoms with Gasteiger partial charge in [-0.05, 0) is 76.4 Å². The van der Waals surface area contributed by atoms with E-state index in [4.69, 9.17) is 4.98 Å². The van der Waals surface area contributed by atoms with Gasteiger partial charge >= 0.3 is 0 Å². The number of aryl methyl sites for hydroxylation is 1. The van der Waals surface area contributed by atoms with Gasteiger partial charge in [0.1, 0.15) is 23.3 Å². The third-order valence-corrected chi connectivity index (χ3v) is 7.35. The smallest absolute Gasteiger partial charge is 0.252 e. The highest BCUT2D eigenvalue weighted by Crippen LogP contribution is 2.31. The Labute approximate surface area is 238 Å². The summed E-state index contributed by atoms with van der Waals surface area (Å²) in [5.74, 6) is 5.93. The molecule has 9 heteroatoms. The molecule has 1 aliphatic rings. The molecule has 4 heterocycles. The number of aromatic nitrogens is 3. The van der Waals surface area contributed by atoms with E-state index in [0.717, 1.165) is 22.5 Å². The highest BCUT2D eigenvalue weighted by Gasteiger charge is 2.32. The number of anilines is 1. The molecule has 41 heavy (non-hydrogen) atoms. The molecule has 0 spiro atoms. The van der Waals surface area contributed by atoms with E-state index in [2.05, 4.69) is 33.2 Å². The van der Waals surface area contributed by atoms with Crippen LogP contribution in [0.2, 0.25) is 0 Å². The number of halogens is 1. The fraction of sp³-hybridized carbons (Fsp3) is 0.312. The van der Waals surface area contributed by atoms with Crippen molar-refractivity contribution in [1.82, 2.24) is 19.9 Å². The van der Waals surface area contributed by atoms with Crippen LogP contribution in [-0.2, 0) is 0 Å². The van der Waals surface area contributed by atoms with Gasteiger partial charge in [0.2, 0.25) is 0 Å². The van der Waals surface area contributed by atoms with Crippen molar-refractivity contribution >= 4 is 17.2 Å². The molecule has 208 valence electrons. The SMILES string of the molecule is Cc1ccc(F)cc1C(=O)NC1(C)CCN(c2ccc(-c3cc(C#CC(C)(C)O)cn4ncc(C#N)c34)cn2)CC1. The molecule has 3 aromatic heterocycles. The molecule has 0 atom stereocenters. The predicted octanol–water partition coefficient (Wildman–Crippen LogP) is 4.63. The van der Waals surface area contributed by atoms with Crippen LogP contribution in [0.25, 0.3) is 16.6 Å². The zero-order chi connectivity index (χ0) is 29.4. The van der Waals surface area contributed by atoms with Gasteiger partial charge in [0.05, 0.1) is 17.3 Å². The van der Waals surface area contributed by atoms with Crippen molar-refractivity contribution in [1.29, 1.82) is 5.26 Å². The molecular formula is C32H31FN6O2. The fourth-order valence-corrected chi connectivity index (χ4v) is 4.98. The molecule has 5 rings (SSSR count). The largest absolute Gasteiger partial charge is 0.378 e. The topological polar surface area (TPSA) is 107 Å². The van der Waals surface area contributed by atoms with Crippen LogP contribution in [0.4, 0.5) is 10.2 Å². The fourth-order valence-electron chi connectivity index (χ4n) is 4.98. The second-order valence-corrected chi connectivity index (χ2v) is 11.3. The summed E-state index contributed by atoms with van der Waals surface area (Å²) in [4.78, 5) is 19.8. The lowest BCUT2D eigenvalue weighted by atomic mass is 9.89. The van der Waals surface area contributed by atoms with E-state index >= 15 is 0 Å². The normalized spacial score (nSPS) is 14.7. The summed E-state index contributed by atoms with van der Waals surface area (Å²) < 4.78 is 15.4. The number of nitriles is 1. The number of benzene rings is 1. The molecule has 0 unspecified atom stereocenters. The van der Waals surface area contributed by atoms with Gasteiger partial charge in [-0.3, -0.25) is 4.79 Å². The number of pyridine rings is 2. The molecule has 0 saturated carbocycles. The van der Waals surface area contributed by atoms with Crippen LogP contribution < -0.4 is 10.2 Å². The van der Waals surface area contributed by atoms with Gasteiger partial charge in [-0.1, -0.05) is 17.9 Å². The van der Waals surface area contributed by atoms with E-state index < -0.39 is 17.0 Å². The number of piperidine rings is 1. The van der Waals surface area contributed by atoms with E-state index in [9.17, 15) is 19.6 Å². The van der Waals surface area contributed by atoms with Crippen LogP contribution in [0.1, 0.15) is 60.7 Å². The number of nitrogens with zero attached hydrogens (tertiary/aromatic N) is 5. The monoisotopic (exact) mass is 550 g/mol. The Kier molecular flexibility index (Phi) is 7.25. The maximum atomic E-state index is 13.7. The minimum absolute atomic E-state index is 0.266. The first-order valence-electron chi connectivity index (χ1n) is 13.4. The summed E-state index contributed by atoms with van der Waals surface area (Å²) >= 11 is 0. The third-order valence-electron chi connectivity index (χ3n) is 7.35. The average molecular weight is 551 g/mol. The van der Waals surface area contributed by atoms with Gasteiger partial charge in [-0.25, -0.2) is 13.9 Å². The first-order valence-corrected chi connectivity index (χ1v) is 13.4. The van der Waals surface area contributed by atoms with Crippen LogP contribution in [0.3, 0.4) is 0 Å². The van der Waals surface area contributed by atoms with Crippen LogP contribution in [0.5, 0.6) is 0 Å². The molecule has 0 radical (unpaired) electrons. The number of nitrogens with one attached hydrogen (secondary N) is 1. The first-order chi connectivity index (χ1) is 19.4. The van der Waals surface area contributed by atoms with E-state index in [1.165, 1.54) is 18.3 Å². The predicted molar refractivity (Wildman–Crippen MR) is 155 cm³/mol. The highest BCUT2D eigenvalue weighted by molar-refractivity contribution is 5.96. The van der Waals surface area contributed by atoms with Gasteiger partial charge in [0.25, 0.3) is 5.91 Å². The van der Waals surface area contributed by atoms with Crippen molar-refractivity contribution in [2.45, 2.75) is 51.7 Å². The van der Waals surface area contributed by atoms with E-state index in [1.807, 2.05) is 25.1 Å². The Balaban J connectivity index is 1.34. The summed E-state index contributed by atoms with van der Waals surface area (Å²) in [5.41, 5.74) is 2.85. The number of hydrogen-bond acceptors (Lipinski definition) is 6. The number of rotatable bonds is 4. The summed E-state index contributed by atoms with van der Waals surface area (Å²) in [6, 6.07) is 12.2. The van der Waals surface area contributed by atoms with Gasteiger partial charge < -0.3 is 15.3 Å². The number of carbonyl (C=O) groups is 1. The van der Waals surface area contributed by atoms with E-state index in [0.29, 0.717) is 48.1 Å². The quantitative estimate of drug-likeness (QED) is 0.359. The molecule has 1 aromatic carbocycles. The molecule has 1 fully saturated rings. The average Bonchev–Trinajstić information content (AvgIpc) is 3.36. The summed E-state index contributed by atoms with van der Waals surface area (Å²) in [6.07, 6.45) is 6.45. The Morgan fingerprint density at radius 2 is 1.93 bits per heavy atom. The molecule has 4 aromatic rings. The highest BCUT2D eigenvalue weighted by atomic mass is 19.1. The molecule has 1 saturated heterocycles. The van der Waals surface area contributed by atoms with Crippen LogP contribution in [0.15, 0.2) is 55.0 Å². The zero-order valence-electron chi connectivity index (χ0n) is 23.5. The van der Waals surface area contributed by atoms with Crippen molar-refractivity contribution in [3.63, 3.8) is 0 Å². The lowest BCUT2D eigenvalue weighted by Gasteiger charge is -2.40. The molecule has 0 aliphatic carbocycles. The molecule has 1 aliphatic heterocycles. The van der Waals surface area contributed by atoms with Gasteiger partial charge in [0, 0.05) is 53.3 Å². The molecule has 8 nitrogen and oxygen atoms in total. The minimum Gasteiger partial charge on any atom is -0.378 e. The second-order valence-electron chi connectivity index (χ2n) is 11.3. The van der Waals surface area contributed by atoms with Gasteiger partial charge in [-0.15, -0.1) is 0 Å². The van der Waals surface area contributed by atoms with Crippen LogP contribution in [-0.4, -0.2) is 49.8 Å². The zero-order valence-corrected chi connectivity index (χ0v) is 23.5. The molecular weight excluding hydrogens is 519 g/mol.